The highest BCUT2D eigenvalue weighted by atomic mass is 35.5. The first-order valence-electron chi connectivity index (χ1n) is 14.3. The molecule has 7 nitrogen and oxygen atoms in total. The summed E-state index contributed by atoms with van der Waals surface area (Å²) in [6.07, 6.45) is 0.407. The van der Waals surface area contributed by atoms with Gasteiger partial charge in [-0.25, -0.2) is 0 Å². The van der Waals surface area contributed by atoms with Crippen molar-refractivity contribution in [1.29, 1.82) is 0 Å². The van der Waals surface area contributed by atoms with Crippen LogP contribution in [0.4, 0.5) is 14.5 Å². The lowest BCUT2D eigenvalue weighted by Crippen LogP contribution is -2.70. The zero-order valence-corrected chi connectivity index (χ0v) is 25.0. The van der Waals surface area contributed by atoms with Crippen molar-refractivity contribution in [3.63, 3.8) is 0 Å². The van der Waals surface area contributed by atoms with Crippen molar-refractivity contribution in [3.05, 3.63) is 63.6 Å². The van der Waals surface area contributed by atoms with Crippen LogP contribution in [0.1, 0.15) is 43.2 Å². The van der Waals surface area contributed by atoms with E-state index in [0.717, 1.165) is 0 Å². The normalized spacial score (nSPS) is 32.9. The number of carbonyl (C=O) groups is 2. The number of nitrogens with zero attached hydrogens (tertiary/aromatic N) is 1. The van der Waals surface area contributed by atoms with Crippen molar-refractivity contribution < 1.29 is 28.2 Å². The molecule has 226 valence electrons. The van der Waals surface area contributed by atoms with Crippen LogP contribution >= 0.6 is 23.2 Å². The number of hydrogen-bond donors (Lipinski definition) is 3. The number of halogens is 4. The Hall–Kier alpha value is -2.30. The average molecular weight is 623 g/mol. The van der Waals surface area contributed by atoms with Gasteiger partial charge in [-0.15, -0.1) is 0 Å². The number of ether oxygens (including phenoxy) is 1. The highest BCUT2D eigenvalue weighted by Gasteiger charge is 2.80. The summed E-state index contributed by atoms with van der Waals surface area (Å²) >= 11 is 12.8. The Kier molecular flexibility index (Phi) is 7.58. The maximum absolute atomic E-state index is 14.5. The minimum atomic E-state index is -1.36. The first-order valence-corrected chi connectivity index (χ1v) is 15.1. The number of benzene rings is 2. The third-order valence-electron chi connectivity index (χ3n) is 10.4. The number of anilines is 1. The van der Waals surface area contributed by atoms with Gasteiger partial charge in [-0.05, 0) is 67.6 Å². The summed E-state index contributed by atoms with van der Waals surface area (Å²) in [5.74, 6) is -1.36. The molecule has 2 amide bonds. The molecule has 6 rings (SSSR count). The number of aliphatic hydroxyl groups is 1. The lowest BCUT2D eigenvalue weighted by Gasteiger charge is -2.61. The van der Waals surface area contributed by atoms with Crippen LogP contribution < -0.4 is 10.6 Å². The quantitative estimate of drug-likeness (QED) is 0.437. The van der Waals surface area contributed by atoms with Gasteiger partial charge in [0.05, 0.1) is 44.8 Å². The van der Waals surface area contributed by atoms with Crippen molar-refractivity contribution in [3.8, 4) is 0 Å². The molecule has 2 unspecified atom stereocenters. The number of amides is 2. The predicted molar refractivity (Wildman–Crippen MR) is 156 cm³/mol. The summed E-state index contributed by atoms with van der Waals surface area (Å²) < 4.78 is 34.6. The Morgan fingerprint density at radius 1 is 1.17 bits per heavy atom. The van der Waals surface area contributed by atoms with Gasteiger partial charge >= 0.3 is 0 Å². The minimum absolute atomic E-state index is 0.0335. The molecule has 1 saturated carbocycles. The molecule has 2 saturated heterocycles. The van der Waals surface area contributed by atoms with Crippen LogP contribution in [0.25, 0.3) is 0 Å². The van der Waals surface area contributed by atoms with Gasteiger partial charge in [-0.1, -0.05) is 48.3 Å². The molecule has 2 aromatic rings. The van der Waals surface area contributed by atoms with Crippen LogP contribution in [0.15, 0.2) is 42.5 Å². The highest BCUT2D eigenvalue weighted by Crippen LogP contribution is 2.71. The van der Waals surface area contributed by atoms with E-state index in [0.29, 0.717) is 33.3 Å². The van der Waals surface area contributed by atoms with Crippen molar-refractivity contribution in [1.82, 2.24) is 10.2 Å². The van der Waals surface area contributed by atoms with E-state index in [9.17, 15) is 23.5 Å². The Morgan fingerprint density at radius 3 is 2.52 bits per heavy atom. The summed E-state index contributed by atoms with van der Waals surface area (Å²) in [5.41, 5.74) is -1.83. The van der Waals surface area contributed by atoms with E-state index in [-0.39, 0.29) is 55.9 Å². The highest BCUT2D eigenvalue weighted by molar-refractivity contribution is 6.31. The zero-order chi connectivity index (χ0) is 30.0. The van der Waals surface area contributed by atoms with Crippen LogP contribution in [0.2, 0.25) is 10.0 Å². The van der Waals surface area contributed by atoms with E-state index in [1.165, 1.54) is 0 Å². The summed E-state index contributed by atoms with van der Waals surface area (Å²) in [5, 5.41) is 16.6. The van der Waals surface area contributed by atoms with E-state index < -0.39 is 41.7 Å². The van der Waals surface area contributed by atoms with Gasteiger partial charge in [0.25, 0.3) is 0 Å². The minimum Gasteiger partial charge on any atom is -0.394 e. The van der Waals surface area contributed by atoms with Gasteiger partial charge in [0.2, 0.25) is 11.8 Å². The maximum Gasteiger partial charge on any atom is 0.238 e. The smallest absolute Gasteiger partial charge is 0.238 e. The first-order chi connectivity index (χ1) is 20.1. The third kappa shape index (κ3) is 4.14. The van der Waals surface area contributed by atoms with Gasteiger partial charge in [0, 0.05) is 32.6 Å². The number of fused-ring (bicyclic) bond motifs is 3. The SMILES string of the molecule is CC1C[C@@H](CO)OCC1NC(=O)[C@H]1[C@H](c2cccc(Cl)c2)[C@]2(C(=O)Nc3cc(Cl)ccc32)C2(CC(CF)(CF)C2)N1C. The number of likely N-dealkylation sites (N-methyl/N-ethyl adjacent to an activating group) is 1. The van der Waals surface area contributed by atoms with Crippen molar-refractivity contribution in [2.24, 2.45) is 11.3 Å². The van der Waals surface area contributed by atoms with E-state index >= 15 is 0 Å². The number of aliphatic hydroxyl groups excluding tert-OH is 1. The fourth-order valence-electron chi connectivity index (χ4n) is 8.40. The molecule has 0 bridgehead atoms. The molecule has 1 aliphatic carbocycles. The third-order valence-corrected chi connectivity index (χ3v) is 10.8. The Labute approximate surface area is 253 Å². The summed E-state index contributed by atoms with van der Waals surface area (Å²) in [4.78, 5) is 30.8. The molecular weight excluding hydrogens is 587 g/mol. The number of alkyl halides is 2. The fraction of sp³-hybridized carbons (Fsp3) is 0.548. The molecule has 0 radical (unpaired) electrons. The lowest BCUT2D eigenvalue weighted by molar-refractivity contribution is -0.147. The molecule has 3 aliphatic heterocycles. The maximum atomic E-state index is 14.5. The lowest BCUT2D eigenvalue weighted by atomic mass is 9.45. The van der Waals surface area contributed by atoms with Gasteiger partial charge in [0.15, 0.2) is 0 Å². The molecule has 3 heterocycles. The molecule has 2 spiro atoms. The van der Waals surface area contributed by atoms with E-state index in [4.69, 9.17) is 27.9 Å². The summed E-state index contributed by atoms with van der Waals surface area (Å²) in [7, 11) is 1.78. The Balaban J connectivity index is 1.52. The van der Waals surface area contributed by atoms with Crippen molar-refractivity contribution >= 4 is 40.7 Å². The largest absolute Gasteiger partial charge is 0.394 e. The van der Waals surface area contributed by atoms with Crippen molar-refractivity contribution in [2.45, 2.75) is 61.2 Å². The van der Waals surface area contributed by atoms with Crippen molar-refractivity contribution in [2.75, 3.05) is 38.9 Å². The number of hydrogen-bond acceptors (Lipinski definition) is 5. The zero-order valence-electron chi connectivity index (χ0n) is 23.5. The fourth-order valence-corrected chi connectivity index (χ4v) is 8.77. The van der Waals surface area contributed by atoms with Crippen LogP contribution in [0, 0.1) is 11.3 Å². The van der Waals surface area contributed by atoms with Crippen LogP contribution in [0.3, 0.4) is 0 Å². The van der Waals surface area contributed by atoms with Crippen LogP contribution in [-0.4, -0.2) is 79.2 Å². The summed E-state index contributed by atoms with van der Waals surface area (Å²) in [6.45, 7) is 0.403. The molecule has 42 heavy (non-hydrogen) atoms. The van der Waals surface area contributed by atoms with Gasteiger partial charge in [-0.3, -0.25) is 23.3 Å². The second-order valence-corrected chi connectivity index (χ2v) is 13.5. The number of rotatable bonds is 6. The predicted octanol–water partition coefficient (Wildman–Crippen LogP) is 4.64. The monoisotopic (exact) mass is 621 g/mol. The van der Waals surface area contributed by atoms with Crippen LogP contribution in [0.5, 0.6) is 0 Å². The first kappa shape index (κ1) is 29.8. The number of likely N-dealkylation sites (tertiary alicyclic amines) is 1. The summed E-state index contributed by atoms with van der Waals surface area (Å²) in [6, 6.07) is 11.1. The topological polar surface area (TPSA) is 90.9 Å². The van der Waals surface area contributed by atoms with Gasteiger partial charge < -0.3 is 20.5 Å². The molecule has 11 heteroatoms. The molecule has 3 fully saturated rings. The second-order valence-electron chi connectivity index (χ2n) is 12.7. The van der Waals surface area contributed by atoms with E-state index in [1.54, 1.807) is 43.4 Å². The molecule has 4 aliphatic rings. The number of nitrogens with one attached hydrogen (secondary N) is 2. The molecule has 3 N–H and O–H groups in total. The Bertz CT molecular complexity index is 1400. The Morgan fingerprint density at radius 2 is 1.88 bits per heavy atom. The standard InChI is InChI=1S/C31H35Cl2F2N3O4/c1-17-8-21(11-39)42-12-24(17)36-27(40)26-25(18-4-3-5-19(32)9-18)31(22-7-6-20(33)10-23(22)37-28(31)41)30(38(26)2)13-29(14-30,15-34)16-35/h3-7,9-10,17,21,24-26,39H,8,11-16H2,1-2H3,(H,36,40)(H,37,41)/t17?,21-,24?,25-,26+,31+/m0/s1. The van der Waals surface area contributed by atoms with E-state index in [1.807, 2.05) is 17.9 Å². The molecule has 0 aromatic heterocycles. The van der Waals surface area contributed by atoms with Crippen LogP contribution in [-0.2, 0) is 19.7 Å². The van der Waals surface area contributed by atoms with E-state index in [2.05, 4.69) is 10.6 Å². The number of carbonyl (C=O) groups excluding carboxylic acids is 2. The average Bonchev–Trinajstić information content (AvgIpc) is 3.36. The van der Waals surface area contributed by atoms with Gasteiger partial charge in [-0.2, -0.15) is 0 Å². The van der Waals surface area contributed by atoms with Gasteiger partial charge in [0.1, 0.15) is 5.41 Å². The molecule has 2 aromatic carbocycles. The molecular formula is C31H35Cl2F2N3O4. The second kappa shape index (κ2) is 10.7. The molecule has 6 atom stereocenters.